The Bertz CT molecular complexity index is 431. The lowest BCUT2D eigenvalue weighted by Crippen LogP contribution is -2.17. The van der Waals surface area contributed by atoms with Crippen molar-refractivity contribution in [2.45, 2.75) is 51.7 Å². The van der Waals surface area contributed by atoms with E-state index in [0.717, 1.165) is 17.6 Å². The molecule has 2 fully saturated rings. The zero-order chi connectivity index (χ0) is 13.4. The number of rotatable bonds is 4. The minimum Gasteiger partial charge on any atom is -0.491 e. The second kappa shape index (κ2) is 5.16. The van der Waals surface area contributed by atoms with E-state index in [-0.39, 0.29) is 12.1 Å². The predicted molar refractivity (Wildman–Crippen MR) is 78.1 cm³/mol. The van der Waals surface area contributed by atoms with Crippen LogP contribution in [0.25, 0.3) is 0 Å². The van der Waals surface area contributed by atoms with Gasteiger partial charge in [0.15, 0.2) is 0 Å². The SMILES string of the molecule is CC(C)Oc1ccccc1C(N)C1C2CCCCC21. The van der Waals surface area contributed by atoms with Crippen molar-refractivity contribution in [3.05, 3.63) is 29.8 Å². The third kappa shape index (κ3) is 2.51. The van der Waals surface area contributed by atoms with Gasteiger partial charge >= 0.3 is 0 Å². The molecule has 2 nitrogen and oxygen atoms in total. The number of ether oxygens (including phenoxy) is 1. The summed E-state index contributed by atoms with van der Waals surface area (Å²) in [5.41, 5.74) is 7.76. The number of para-hydroxylation sites is 1. The van der Waals surface area contributed by atoms with Crippen LogP contribution in [0.4, 0.5) is 0 Å². The number of fused-ring (bicyclic) bond motifs is 1. The van der Waals surface area contributed by atoms with E-state index in [0.29, 0.717) is 5.92 Å². The highest BCUT2D eigenvalue weighted by Crippen LogP contribution is 2.60. The average Bonchev–Trinajstić information content (AvgIpc) is 3.12. The quantitative estimate of drug-likeness (QED) is 0.889. The van der Waals surface area contributed by atoms with Crippen molar-refractivity contribution in [2.24, 2.45) is 23.5 Å². The van der Waals surface area contributed by atoms with E-state index in [1.165, 1.54) is 31.2 Å². The summed E-state index contributed by atoms with van der Waals surface area (Å²) in [5, 5.41) is 0. The molecule has 0 spiro atoms. The molecule has 1 aromatic rings. The Kier molecular flexibility index (Phi) is 3.53. The minimum absolute atomic E-state index is 0.156. The van der Waals surface area contributed by atoms with Gasteiger partial charge in [-0.1, -0.05) is 31.0 Å². The summed E-state index contributed by atoms with van der Waals surface area (Å²) in [6.07, 6.45) is 5.77. The molecule has 2 aliphatic rings. The summed E-state index contributed by atoms with van der Waals surface area (Å²) in [5.74, 6) is 3.44. The second-order valence-corrected chi connectivity index (χ2v) is 6.42. The van der Waals surface area contributed by atoms with Crippen molar-refractivity contribution in [1.82, 2.24) is 0 Å². The highest BCUT2D eigenvalue weighted by atomic mass is 16.5. The third-order valence-corrected chi connectivity index (χ3v) is 4.78. The summed E-state index contributed by atoms with van der Waals surface area (Å²) >= 11 is 0. The Morgan fingerprint density at radius 1 is 1.11 bits per heavy atom. The van der Waals surface area contributed by atoms with Crippen molar-refractivity contribution in [2.75, 3.05) is 0 Å². The Balaban J connectivity index is 1.78. The summed E-state index contributed by atoms with van der Waals surface area (Å²) in [4.78, 5) is 0. The zero-order valence-electron chi connectivity index (χ0n) is 12.0. The Morgan fingerprint density at radius 3 is 2.37 bits per heavy atom. The molecule has 2 saturated carbocycles. The maximum absolute atomic E-state index is 6.56. The molecule has 19 heavy (non-hydrogen) atoms. The molecule has 0 amide bonds. The smallest absolute Gasteiger partial charge is 0.124 e. The Labute approximate surface area is 116 Å². The van der Waals surface area contributed by atoms with Gasteiger partial charge in [0.25, 0.3) is 0 Å². The largest absolute Gasteiger partial charge is 0.491 e. The van der Waals surface area contributed by atoms with Crippen LogP contribution in [0.5, 0.6) is 5.75 Å². The summed E-state index contributed by atoms with van der Waals surface area (Å²) in [6, 6.07) is 8.47. The highest BCUT2D eigenvalue weighted by Gasteiger charge is 2.53. The molecule has 0 bridgehead atoms. The van der Waals surface area contributed by atoms with Crippen LogP contribution in [0.1, 0.15) is 51.1 Å². The van der Waals surface area contributed by atoms with E-state index in [9.17, 15) is 0 Å². The fraction of sp³-hybridized carbons (Fsp3) is 0.647. The topological polar surface area (TPSA) is 35.2 Å². The van der Waals surface area contributed by atoms with Crippen LogP contribution < -0.4 is 10.5 Å². The second-order valence-electron chi connectivity index (χ2n) is 6.42. The van der Waals surface area contributed by atoms with E-state index in [1.54, 1.807) is 0 Å². The Morgan fingerprint density at radius 2 is 1.74 bits per heavy atom. The molecule has 1 aromatic carbocycles. The first kappa shape index (κ1) is 13.0. The first-order valence-electron chi connectivity index (χ1n) is 7.69. The first-order valence-corrected chi connectivity index (χ1v) is 7.69. The molecule has 3 unspecified atom stereocenters. The maximum Gasteiger partial charge on any atom is 0.124 e. The summed E-state index contributed by atoms with van der Waals surface area (Å²) < 4.78 is 5.92. The molecule has 2 heteroatoms. The minimum atomic E-state index is 0.156. The van der Waals surface area contributed by atoms with Crippen molar-refractivity contribution in [3.8, 4) is 5.75 Å². The molecular formula is C17H25NO. The van der Waals surface area contributed by atoms with Gasteiger partial charge < -0.3 is 10.5 Å². The molecule has 0 radical (unpaired) electrons. The lowest BCUT2D eigenvalue weighted by atomic mass is 10.00. The standard InChI is InChI=1S/C17H25NO/c1-11(2)19-15-10-6-5-9-14(15)17(18)16-12-7-3-4-8-13(12)16/h5-6,9-13,16-17H,3-4,7-8,18H2,1-2H3. The fourth-order valence-electron chi connectivity index (χ4n) is 3.90. The molecule has 3 atom stereocenters. The van der Waals surface area contributed by atoms with E-state index >= 15 is 0 Å². The molecule has 0 heterocycles. The van der Waals surface area contributed by atoms with Crippen LogP contribution in [0.2, 0.25) is 0 Å². The van der Waals surface area contributed by atoms with E-state index in [4.69, 9.17) is 10.5 Å². The number of nitrogens with two attached hydrogens (primary N) is 1. The number of benzene rings is 1. The van der Waals surface area contributed by atoms with Crippen molar-refractivity contribution < 1.29 is 4.74 Å². The van der Waals surface area contributed by atoms with Gasteiger partial charge in [0.2, 0.25) is 0 Å². The molecule has 2 N–H and O–H groups in total. The molecule has 0 aliphatic heterocycles. The normalized spacial score (nSPS) is 30.8. The summed E-state index contributed by atoms with van der Waals surface area (Å²) in [6.45, 7) is 4.14. The van der Waals surface area contributed by atoms with E-state index in [2.05, 4.69) is 32.0 Å². The fourth-order valence-corrected chi connectivity index (χ4v) is 3.90. The Hall–Kier alpha value is -1.02. The molecule has 0 aromatic heterocycles. The monoisotopic (exact) mass is 259 g/mol. The first-order chi connectivity index (χ1) is 9.18. The van der Waals surface area contributed by atoms with Crippen molar-refractivity contribution in [1.29, 1.82) is 0 Å². The molecule has 104 valence electrons. The number of hydrogen-bond donors (Lipinski definition) is 1. The predicted octanol–water partition coefficient (Wildman–Crippen LogP) is 3.91. The maximum atomic E-state index is 6.56. The van der Waals surface area contributed by atoms with Crippen LogP contribution in [0.15, 0.2) is 24.3 Å². The highest BCUT2D eigenvalue weighted by molar-refractivity contribution is 5.37. The van der Waals surface area contributed by atoms with Gasteiger partial charge in [-0.15, -0.1) is 0 Å². The number of hydrogen-bond acceptors (Lipinski definition) is 2. The van der Waals surface area contributed by atoms with Crippen molar-refractivity contribution in [3.63, 3.8) is 0 Å². The lowest BCUT2D eigenvalue weighted by Gasteiger charge is -2.19. The van der Waals surface area contributed by atoms with Gasteiger partial charge in [-0.25, -0.2) is 0 Å². The zero-order valence-corrected chi connectivity index (χ0v) is 12.0. The molecular weight excluding hydrogens is 234 g/mol. The third-order valence-electron chi connectivity index (χ3n) is 4.78. The van der Waals surface area contributed by atoms with E-state index < -0.39 is 0 Å². The average molecular weight is 259 g/mol. The van der Waals surface area contributed by atoms with Gasteiger partial charge in [-0.2, -0.15) is 0 Å². The van der Waals surface area contributed by atoms with E-state index in [1.807, 2.05) is 6.07 Å². The lowest BCUT2D eigenvalue weighted by molar-refractivity contribution is 0.238. The van der Waals surface area contributed by atoms with Gasteiger partial charge in [0.05, 0.1) is 6.10 Å². The van der Waals surface area contributed by atoms with Gasteiger partial charge in [-0.3, -0.25) is 0 Å². The van der Waals surface area contributed by atoms with Crippen LogP contribution in [-0.4, -0.2) is 6.10 Å². The van der Waals surface area contributed by atoms with Crippen LogP contribution in [0, 0.1) is 17.8 Å². The van der Waals surface area contributed by atoms with Crippen LogP contribution >= 0.6 is 0 Å². The van der Waals surface area contributed by atoms with Gasteiger partial charge in [-0.05, 0) is 50.5 Å². The van der Waals surface area contributed by atoms with Crippen LogP contribution in [-0.2, 0) is 0 Å². The molecule has 0 saturated heterocycles. The summed E-state index contributed by atoms with van der Waals surface area (Å²) in [7, 11) is 0. The molecule has 2 aliphatic carbocycles. The molecule has 3 rings (SSSR count). The van der Waals surface area contributed by atoms with Gasteiger partial charge in [0.1, 0.15) is 5.75 Å². The van der Waals surface area contributed by atoms with Crippen LogP contribution in [0.3, 0.4) is 0 Å². The van der Waals surface area contributed by atoms with Gasteiger partial charge in [0, 0.05) is 11.6 Å². The van der Waals surface area contributed by atoms with Crippen molar-refractivity contribution >= 4 is 0 Å².